The summed E-state index contributed by atoms with van der Waals surface area (Å²) < 4.78 is 0. The first-order valence-electron chi connectivity index (χ1n) is 4.71. The smallest absolute Gasteiger partial charge is 0.0438 e. The molecule has 0 fully saturated rings. The van der Waals surface area contributed by atoms with Crippen molar-refractivity contribution in [3.05, 3.63) is 29.1 Å². The van der Waals surface area contributed by atoms with Gasteiger partial charge in [-0.2, -0.15) is 0 Å². The Hall–Kier alpha value is -0.850. The number of hydrogen-bond acceptors (Lipinski definition) is 1. The van der Waals surface area contributed by atoms with E-state index in [-0.39, 0.29) is 0 Å². The third-order valence-electron chi connectivity index (χ3n) is 2.65. The van der Waals surface area contributed by atoms with Crippen LogP contribution in [0.1, 0.15) is 30.3 Å². The molecule has 1 aromatic rings. The normalized spacial score (nSPS) is 22.0. The zero-order valence-electron chi connectivity index (χ0n) is 7.80. The molecule has 0 bridgehead atoms. The van der Waals surface area contributed by atoms with Crippen molar-refractivity contribution < 1.29 is 0 Å². The van der Waals surface area contributed by atoms with Gasteiger partial charge in [0.1, 0.15) is 0 Å². The van der Waals surface area contributed by atoms with E-state index in [0.29, 0.717) is 0 Å². The van der Waals surface area contributed by atoms with Gasteiger partial charge in [0.2, 0.25) is 0 Å². The Balaban J connectivity index is 2.37. The number of rotatable bonds is 0. The number of hydrogen-bond donors (Lipinski definition) is 0. The summed E-state index contributed by atoms with van der Waals surface area (Å²) in [5, 5.41) is 0. The van der Waals surface area contributed by atoms with E-state index >= 15 is 0 Å². The minimum atomic E-state index is 0.849. The molecule has 12 heavy (non-hydrogen) atoms. The summed E-state index contributed by atoms with van der Waals surface area (Å²) in [6.45, 7) is 4.39. The molecule has 1 unspecified atom stereocenters. The zero-order chi connectivity index (χ0) is 8.55. The molecule has 0 aliphatic heterocycles. The van der Waals surface area contributed by atoms with Gasteiger partial charge in [-0.3, -0.25) is 4.98 Å². The van der Waals surface area contributed by atoms with Gasteiger partial charge in [0.25, 0.3) is 0 Å². The topological polar surface area (TPSA) is 12.9 Å². The van der Waals surface area contributed by atoms with Gasteiger partial charge < -0.3 is 0 Å². The van der Waals surface area contributed by atoms with Crippen LogP contribution in [-0.4, -0.2) is 4.98 Å². The third kappa shape index (κ3) is 1.36. The number of fused-ring (bicyclic) bond motifs is 1. The van der Waals surface area contributed by atoms with Crippen molar-refractivity contribution in [2.24, 2.45) is 5.92 Å². The molecule has 0 saturated heterocycles. The predicted molar refractivity (Wildman–Crippen MR) is 50.2 cm³/mol. The Kier molecular flexibility index (Phi) is 1.87. The number of aromatic nitrogens is 1. The predicted octanol–water partition coefficient (Wildman–Crippen LogP) is 2.51. The maximum Gasteiger partial charge on any atom is 0.0438 e. The van der Waals surface area contributed by atoms with Crippen molar-refractivity contribution in [3.63, 3.8) is 0 Å². The lowest BCUT2D eigenvalue weighted by molar-refractivity contribution is 0.493. The first-order valence-corrected chi connectivity index (χ1v) is 4.71. The van der Waals surface area contributed by atoms with E-state index in [0.717, 1.165) is 11.6 Å². The molecule has 0 saturated carbocycles. The fourth-order valence-electron chi connectivity index (χ4n) is 1.90. The number of aryl methyl sites for hydroxylation is 2. The zero-order valence-corrected chi connectivity index (χ0v) is 7.80. The fourth-order valence-corrected chi connectivity index (χ4v) is 1.90. The van der Waals surface area contributed by atoms with Gasteiger partial charge in [-0.25, -0.2) is 0 Å². The summed E-state index contributed by atoms with van der Waals surface area (Å²) in [6, 6.07) is 4.37. The molecule has 0 spiro atoms. The summed E-state index contributed by atoms with van der Waals surface area (Å²) in [7, 11) is 0. The minimum absolute atomic E-state index is 0.849. The average molecular weight is 161 g/mol. The summed E-state index contributed by atoms with van der Waals surface area (Å²) in [5.74, 6) is 0.849. The third-order valence-corrected chi connectivity index (χ3v) is 2.65. The van der Waals surface area contributed by atoms with Crippen LogP contribution in [0.3, 0.4) is 0 Å². The van der Waals surface area contributed by atoms with Gasteiger partial charge in [-0.15, -0.1) is 0 Å². The molecule has 0 N–H and O–H groups in total. The molecular weight excluding hydrogens is 146 g/mol. The van der Waals surface area contributed by atoms with Gasteiger partial charge in [0.05, 0.1) is 0 Å². The van der Waals surface area contributed by atoms with Crippen LogP contribution in [0.25, 0.3) is 0 Å². The Labute approximate surface area is 73.8 Å². The Bertz CT molecular complexity index is 291. The van der Waals surface area contributed by atoms with Crippen molar-refractivity contribution in [1.29, 1.82) is 0 Å². The van der Waals surface area contributed by atoms with Crippen molar-refractivity contribution in [2.45, 2.75) is 33.1 Å². The second-order valence-corrected chi connectivity index (χ2v) is 3.91. The van der Waals surface area contributed by atoms with Crippen LogP contribution in [0, 0.1) is 12.8 Å². The van der Waals surface area contributed by atoms with Crippen LogP contribution in [0.2, 0.25) is 0 Å². The molecule has 64 valence electrons. The largest absolute Gasteiger partial charge is 0.258 e. The SMILES string of the molecule is Cc1ccc2c(n1)CCC(C)C2. The molecule has 1 aliphatic carbocycles. The molecule has 1 atom stereocenters. The quantitative estimate of drug-likeness (QED) is 0.569. The standard InChI is InChI=1S/C11H15N/c1-8-3-6-11-10(7-8)5-4-9(2)12-11/h4-5,8H,3,6-7H2,1-2H3. The Morgan fingerprint density at radius 2 is 2.25 bits per heavy atom. The van der Waals surface area contributed by atoms with Gasteiger partial charge in [-0.05, 0) is 43.7 Å². The summed E-state index contributed by atoms with van der Waals surface area (Å²) in [5.41, 5.74) is 3.97. The highest BCUT2D eigenvalue weighted by Gasteiger charge is 2.15. The lowest BCUT2D eigenvalue weighted by Crippen LogP contribution is -2.12. The number of nitrogens with zero attached hydrogens (tertiary/aromatic N) is 1. The van der Waals surface area contributed by atoms with Gasteiger partial charge in [0, 0.05) is 11.4 Å². The second kappa shape index (κ2) is 2.89. The van der Waals surface area contributed by atoms with E-state index in [1.54, 1.807) is 0 Å². The molecule has 1 aromatic heterocycles. The van der Waals surface area contributed by atoms with Crippen LogP contribution >= 0.6 is 0 Å². The lowest BCUT2D eigenvalue weighted by atomic mass is 9.88. The highest BCUT2D eigenvalue weighted by molar-refractivity contribution is 5.25. The van der Waals surface area contributed by atoms with Crippen molar-refractivity contribution in [1.82, 2.24) is 4.98 Å². The van der Waals surface area contributed by atoms with Crippen LogP contribution < -0.4 is 0 Å². The molecule has 1 aliphatic rings. The molecule has 1 heterocycles. The molecule has 1 heteroatoms. The van der Waals surface area contributed by atoms with Gasteiger partial charge in [0.15, 0.2) is 0 Å². The van der Waals surface area contributed by atoms with Crippen molar-refractivity contribution >= 4 is 0 Å². The van der Waals surface area contributed by atoms with Crippen molar-refractivity contribution in [2.75, 3.05) is 0 Å². The lowest BCUT2D eigenvalue weighted by Gasteiger charge is -2.20. The Morgan fingerprint density at radius 1 is 1.42 bits per heavy atom. The van der Waals surface area contributed by atoms with Gasteiger partial charge in [-0.1, -0.05) is 13.0 Å². The minimum Gasteiger partial charge on any atom is -0.258 e. The number of pyridine rings is 1. The van der Waals surface area contributed by atoms with Crippen LogP contribution in [0.4, 0.5) is 0 Å². The average Bonchev–Trinajstić information content (AvgIpc) is 2.05. The molecular formula is C11H15N. The molecule has 1 nitrogen and oxygen atoms in total. The van der Waals surface area contributed by atoms with E-state index in [4.69, 9.17) is 0 Å². The monoisotopic (exact) mass is 161 g/mol. The molecule has 0 radical (unpaired) electrons. The maximum atomic E-state index is 4.55. The summed E-state index contributed by atoms with van der Waals surface area (Å²) in [6.07, 6.45) is 3.71. The highest BCUT2D eigenvalue weighted by atomic mass is 14.7. The van der Waals surface area contributed by atoms with E-state index in [1.807, 2.05) is 0 Å². The van der Waals surface area contributed by atoms with E-state index in [1.165, 1.54) is 30.5 Å². The van der Waals surface area contributed by atoms with Crippen molar-refractivity contribution in [3.8, 4) is 0 Å². The fraction of sp³-hybridized carbons (Fsp3) is 0.545. The first-order chi connectivity index (χ1) is 5.75. The second-order valence-electron chi connectivity index (χ2n) is 3.91. The summed E-state index contributed by atoms with van der Waals surface area (Å²) >= 11 is 0. The van der Waals surface area contributed by atoms with E-state index in [9.17, 15) is 0 Å². The maximum absolute atomic E-state index is 4.55. The molecule has 0 aromatic carbocycles. The molecule has 0 amide bonds. The Morgan fingerprint density at radius 3 is 3.08 bits per heavy atom. The van der Waals surface area contributed by atoms with E-state index < -0.39 is 0 Å². The van der Waals surface area contributed by atoms with Gasteiger partial charge >= 0.3 is 0 Å². The molecule has 2 rings (SSSR count). The summed E-state index contributed by atoms with van der Waals surface area (Å²) in [4.78, 5) is 4.55. The van der Waals surface area contributed by atoms with E-state index in [2.05, 4.69) is 31.0 Å². The van der Waals surface area contributed by atoms with Crippen LogP contribution in [-0.2, 0) is 12.8 Å². The van der Waals surface area contributed by atoms with Crippen LogP contribution in [0.15, 0.2) is 12.1 Å². The first kappa shape index (κ1) is 7.78. The highest BCUT2D eigenvalue weighted by Crippen LogP contribution is 2.23. The van der Waals surface area contributed by atoms with Crippen LogP contribution in [0.5, 0.6) is 0 Å².